The number of nitrogens with one attached hydrogen (secondary N) is 1. The number of hydrogen-bond donors (Lipinski definition) is 3. The van der Waals surface area contributed by atoms with Crippen molar-refractivity contribution in [3.05, 3.63) is 16.2 Å². The van der Waals surface area contributed by atoms with E-state index in [1.165, 1.54) is 0 Å². The average Bonchev–Trinajstić information content (AvgIpc) is 2.29. The molecule has 2 rings (SSSR count). The lowest BCUT2D eigenvalue weighted by Crippen LogP contribution is -2.28. The molecule has 1 aliphatic carbocycles. The van der Waals surface area contributed by atoms with E-state index >= 15 is 0 Å². The van der Waals surface area contributed by atoms with Crippen molar-refractivity contribution in [1.29, 1.82) is 0 Å². The third-order valence-electron chi connectivity index (χ3n) is 3.24. The smallest absolute Gasteiger partial charge is 0.140 e. The number of nitrogen functional groups attached to an aromatic ring is 1. The van der Waals surface area contributed by atoms with Crippen molar-refractivity contribution >= 4 is 27.4 Å². The molecule has 0 atom stereocenters. The van der Waals surface area contributed by atoms with Crippen LogP contribution in [0.4, 0.5) is 11.5 Å². The SMILES string of the molecule is Cc1nc(NC2CCC(O)CC2)c(Br)cc1N. The molecule has 17 heavy (non-hydrogen) atoms. The van der Waals surface area contributed by atoms with Crippen molar-refractivity contribution in [2.75, 3.05) is 11.1 Å². The van der Waals surface area contributed by atoms with Gasteiger partial charge in [0.1, 0.15) is 5.82 Å². The van der Waals surface area contributed by atoms with Gasteiger partial charge in [-0.15, -0.1) is 0 Å². The third-order valence-corrected chi connectivity index (χ3v) is 3.85. The van der Waals surface area contributed by atoms with Crippen LogP contribution < -0.4 is 11.1 Å². The van der Waals surface area contributed by atoms with E-state index in [1.807, 2.05) is 13.0 Å². The summed E-state index contributed by atoms with van der Waals surface area (Å²) in [6, 6.07) is 2.27. The Balaban J connectivity index is 2.06. The highest BCUT2D eigenvalue weighted by Gasteiger charge is 2.20. The van der Waals surface area contributed by atoms with Crippen LogP contribution in [0.5, 0.6) is 0 Å². The maximum absolute atomic E-state index is 9.46. The molecule has 1 heterocycles. The minimum absolute atomic E-state index is 0.127. The summed E-state index contributed by atoms with van der Waals surface area (Å²) in [4.78, 5) is 4.44. The first kappa shape index (κ1) is 12.6. The molecule has 0 radical (unpaired) electrons. The Kier molecular flexibility index (Phi) is 3.89. The zero-order chi connectivity index (χ0) is 12.4. The first-order chi connectivity index (χ1) is 8.06. The van der Waals surface area contributed by atoms with Gasteiger partial charge in [-0.2, -0.15) is 0 Å². The molecule has 4 N–H and O–H groups in total. The number of aromatic nitrogens is 1. The standard InChI is InChI=1S/C12H18BrN3O/c1-7-11(14)6-10(13)12(15-7)16-8-2-4-9(17)5-3-8/h6,8-9,17H,2-5,14H2,1H3,(H,15,16). The van der Waals surface area contributed by atoms with Gasteiger partial charge in [-0.05, 0) is 54.6 Å². The van der Waals surface area contributed by atoms with E-state index in [9.17, 15) is 5.11 Å². The minimum atomic E-state index is -0.127. The lowest BCUT2D eigenvalue weighted by Gasteiger charge is -2.27. The Morgan fingerprint density at radius 2 is 2.06 bits per heavy atom. The molecule has 1 aromatic rings. The fourth-order valence-corrected chi connectivity index (χ4v) is 2.56. The number of aryl methyl sites for hydroxylation is 1. The van der Waals surface area contributed by atoms with Gasteiger partial charge in [0, 0.05) is 6.04 Å². The normalized spacial score (nSPS) is 24.6. The van der Waals surface area contributed by atoms with E-state index in [-0.39, 0.29) is 6.10 Å². The van der Waals surface area contributed by atoms with Gasteiger partial charge < -0.3 is 16.2 Å². The van der Waals surface area contributed by atoms with Crippen molar-refractivity contribution in [2.24, 2.45) is 0 Å². The van der Waals surface area contributed by atoms with Crippen molar-refractivity contribution in [1.82, 2.24) is 4.98 Å². The first-order valence-corrected chi connectivity index (χ1v) is 6.73. The van der Waals surface area contributed by atoms with Crippen molar-refractivity contribution in [3.63, 3.8) is 0 Å². The van der Waals surface area contributed by atoms with Crippen LogP contribution in [-0.2, 0) is 0 Å². The second-order valence-corrected chi connectivity index (χ2v) is 5.50. The van der Waals surface area contributed by atoms with Gasteiger partial charge in [0.2, 0.25) is 0 Å². The molecule has 94 valence electrons. The number of aliphatic hydroxyl groups is 1. The fourth-order valence-electron chi connectivity index (χ4n) is 2.11. The van der Waals surface area contributed by atoms with Gasteiger partial charge in [0.05, 0.1) is 22.0 Å². The monoisotopic (exact) mass is 299 g/mol. The first-order valence-electron chi connectivity index (χ1n) is 5.93. The van der Waals surface area contributed by atoms with Crippen LogP contribution in [0.3, 0.4) is 0 Å². The molecule has 5 heteroatoms. The minimum Gasteiger partial charge on any atom is -0.397 e. The molecule has 4 nitrogen and oxygen atoms in total. The Hall–Kier alpha value is -0.810. The van der Waals surface area contributed by atoms with Crippen LogP contribution in [0.15, 0.2) is 10.5 Å². The number of aliphatic hydroxyl groups excluding tert-OH is 1. The predicted octanol–water partition coefficient (Wildman–Crippen LogP) is 2.45. The number of halogens is 1. The van der Waals surface area contributed by atoms with E-state index in [4.69, 9.17) is 5.73 Å². The van der Waals surface area contributed by atoms with Gasteiger partial charge in [-0.1, -0.05) is 0 Å². The highest BCUT2D eigenvalue weighted by molar-refractivity contribution is 9.10. The number of pyridine rings is 1. The van der Waals surface area contributed by atoms with E-state index in [0.29, 0.717) is 11.7 Å². The van der Waals surface area contributed by atoms with Crippen LogP contribution in [0.25, 0.3) is 0 Å². The molecule has 0 bridgehead atoms. The van der Waals surface area contributed by atoms with Gasteiger partial charge >= 0.3 is 0 Å². The second kappa shape index (κ2) is 5.23. The maximum atomic E-state index is 9.46. The molecule has 0 aromatic carbocycles. The van der Waals surface area contributed by atoms with Crippen molar-refractivity contribution < 1.29 is 5.11 Å². The molecule has 0 unspecified atom stereocenters. The van der Waals surface area contributed by atoms with Gasteiger partial charge in [0.15, 0.2) is 0 Å². The number of hydrogen-bond acceptors (Lipinski definition) is 4. The van der Waals surface area contributed by atoms with Crippen molar-refractivity contribution in [3.8, 4) is 0 Å². The molecule has 1 aromatic heterocycles. The predicted molar refractivity (Wildman–Crippen MR) is 73.0 cm³/mol. The number of nitrogens with zero attached hydrogens (tertiary/aromatic N) is 1. The molecular formula is C12H18BrN3O. The second-order valence-electron chi connectivity index (χ2n) is 4.64. The Morgan fingerprint density at radius 3 is 2.71 bits per heavy atom. The Morgan fingerprint density at radius 1 is 1.41 bits per heavy atom. The highest BCUT2D eigenvalue weighted by Crippen LogP contribution is 2.28. The summed E-state index contributed by atoms with van der Waals surface area (Å²) < 4.78 is 0.895. The van der Waals surface area contributed by atoms with E-state index in [1.54, 1.807) is 0 Å². The summed E-state index contributed by atoms with van der Waals surface area (Å²) in [5.41, 5.74) is 7.32. The summed E-state index contributed by atoms with van der Waals surface area (Å²) >= 11 is 3.47. The average molecular weight is 300 g/mol. The summed E-state index contributed by atoms with van der Waals surface area (Å²) in [7, 11) is 0. The quantitative estimate of drug-likeness (QED) is 0.784. The van der Waals surface area contributed by atoms with E-state index in [0.717, 1.165) is 41.7 Å². The number of rotatable bonds is 2. The summed E-state index contributed by atoms with van der Waals surface area (Å²) in [6.45, 7) is 1.90. The van der Waals surface area contributed by atoms with E-state index < -0.39 is 0 Å². The topological polar surface area (TPSA) is 71.2 Å². The molecule has 1 fully saturated rings. The molecular weight excluding hydrogens is 282 g/mol. The third kappa shape index (κ3) is 3.10. The summed E-state index contributed by atoms with van der Waals surface area (Å²) in [5, 5.41) is 12.9. The number of nitrogens with two attached hydrogens (primary N) is 1. The fraction of sp³-hybridized carbons (Fsp3) is 0.583. The van der Waals surface area contributed by atoms with Crippen LogP contribution in [-0.4, -0.2) is 22.2 Å². The van der Waals surface area contributed by atoms with Crippen LogP contribution in [0.1, 0.15) is 31.4 Å². The molecule has 0 aliphatic heterocycles. The summed E-state index contributed by atoms with van der Waals surface area (Å²) in [6.07, 6.45) is 3.57. The highest BCUT2D eigenvalue weighted by atomic mass is 79.9. The maximum Gasteiger partial charge on any atom is 0.140 e. The van der Waals surface area contributed by atoms with Crippen LogP contribution in [0, 0.1) is 6.92 Å². The lowest BCUT2D eigenvalue weighted by atomic mass is 9.93. The summed E-state index contributed by atoms with van der Waals surface area (Å²) in [5.74, 6) is 0.845. The molecule has 1 saturated carbocycles. The van der Waals surface area contributed by atoms with Crippen molar-refractivity contribution in [2.45, 2.75) is 44.8 Å². The molecule has 0 amide bonds. The molecule has 0 saturated heterocycles. The largest absolute Gasteiger partial charge is 0.397 e. The van der Waals surface area contributed by atoms with Gasteiger partial charge in [0.25, 0.3) is 0 Å². The Labute approximate surface area is 110 Å². The Bertz CT molecular complexity index is 403. The zero-order valence-corrected chi connectivity index (χ0v) is 11.5. The van der Waals surface area contributed by atoms with Crippen LogP contribution >= 0.6 is 15.9 Å². The van der Waals surface area contributed by atoms with Gasteiger partial charge in [-0.25, -0.2) is 4.98 Å². The number of anilines is 2. The molecule has 0 spiro atoms. The lowest BCUT2D eigenvalue weighted by molar-refractivity contribution is 0.126. The zero-order valence-electron chi connectivity index (χ0n) is 9.91. The molecule has 1 aliphatic rings. The van der Waals surface area contributed by atoms with Crippen LogP contribution in [0.2, 0.25) is 0 Å². The van der Waals surface area contributed by atoms with Gasteiger partial charge in [-0.3, -0.25) is 0 Å². The van der Waals surface area contributed by atoms with E-state index in [2.05, 4.69) is 26.2 Å².